The lowest BCUT2D eigenvalue weighted by Gasteiger charge is -2.22. The number of nitrogens with one attached hydrogen (secondary N) is 1. The van der Waals surface area contributed by atoms with Gasteiger partial charge in [0.05, 0.1) is 7.11 Å². The Kier molecular flexibility index (Phi) is 6.20. The van der Waals surface area contributed by atoms with Gasteiger partial charge < -0.3 is 10.1 Å². The lowest BCUT2D eigenvalue weighted by Crippen LogP contribution is -2.19. The maximum atomic E-state index is 5.41. The molecule has 1 rings (SSSR count). The van der Waals surface area contributed by atoms with E-state index in [2.05, 4.69) is 44.3 Å². The Balaban J connectivity index is 2.87. The highest BCUT2D eigenvalue weighted by Crippen LogP contribution is 2.28. The normalized spacial score (nSPS) is 12.8. The van der Waals surface area contributed by atoms with Gasteiger partial charge >= 0.3 is 0 Å². The zero-order chi connectivity index (χ0) is 13.5. The van der Waals surface area contributed by atoms with Gasteiger partial charge in [-0.25, -0.2) is 0 Å². The molecule has 0 aliphatic carbocycles. The van der Waals surface area contributed by atoms with Crippen LogP contribution in [0.15, 0.2) is 18.2 Å². The third kappa shape index (κ3) is 3.74. The third-order valence-electron chi connectivity index (χ3n) is 3.91. The molecule has 0 aliphatic rings. The number of benzene rings is 1. The summed E-state index contributed by atoms with van der Waals surface area (Å²) in [6.45, 7) is 6.63. The molecule has 1 aromatic rings. The summed E-state index contributed by atoms with van der Waals surface area (Å²) in [6.07, 6.45) is 3.69. The number of hydrogen-bond donors (Lipinski definition) is 1. The minimum atomic E-state index is 0.421. The molecule has 1 N–H and O–H groups in total. The molecule has 0 heterocycles. The fourth-order valence-electron chi connectivity index (χ4n) is 2.43. The molecule has 0 amide bonds. The van der Waals surface area contributed by atoms with E-state index in [0.717, 1.165) is 11.7 Å². The first kappa shape index (κ1) is 15.0. The van der Waals surface area contributed by atoms with Crippen molar-refractivity contribution in [2.75, 3.05) is 14.2 Å². The number of hydrogen-bond acceptors (Lipinski definition) is 2. The van der Waals surface area contributed by atoms with Crippen molar-refractivity contribution in [3.05, 3.63) is 29.3 Å². The molecule has 18 heavy (non-hydrogen) atoms. The quantitative estimate of drug-likeness (QED) is 0.786. The van der Waals surface area contributed by atoms with Crippen LogP contribution in [0, 0.1) is 12.8 Å². The second-order valence-electron chi connectivity index (χ2n) is 4.99. The zero-order valence-electron chi connectivity index (χ0n) is 12.4. The summed E-state index contributed by atoms with van der Waals surface area (Å²) in [5.74, 6) is 1.77. The average Bonchev–Trinajstić information content (AvgIpc) is 2.41. The molecule has 2 heteroatoms. The third-order valence-corrected chi connectivity index (χ3v) is 3.91. The summed E-state index contributed by atoms with van der Waals surface area (Å²) in [7, 11) is 3.78. The first-order valence-electron chi connectivity index (χ1n) is 6.97. The standard InChI is InChI=1S/C16H27NO/c1-6-13(7-2)10-15(17-4)14-9-8-12(3)16(11-14)18-5/h8-9,11,13,15,17H,6-7,10H2,1-5H3. The first-order chi connectivity index (χ1) is 8.65. The van der Waals surface area contributed by atoms with Crippen molar-refractivity contribution in [3.63, 3.8) is 0 Å². The van der Waals surface area contributed by atoms with E-state index in [1.165, 1.54) is 30.4 Å². The topological polar surface area (TPSA) is 21.3 Å². The molecule has 0 bridgehead atoms. The predicted octanol–water partition coefficient (Wildman–Crippen LogP) is 4.09. The highest BCUT2D eigenvalue weighted by Gasteiger charge is 2.15. The number of rotatable bonds is 7. The minimum absolute atomic E-state index is 0.421. The molecular formula is C16H27NO. The van der Waals surface area contributed by atoms with Crippen LogP contribution in [0.5, 0.6) is 5.75 Å². The molecule has 0 saturated carbocycles. The first-order valence-corrected chi connectivity index (χ1v) is 6.97. The smallest absolute Gasteiger partial charge is 0.122 e. The fourth-order valence-corrected chi connectivity index (χ4v) is 2.43. The fraction of sp³-hybridized carbons (Fsp3) is 0.625. The highest BCUT2D eigenvalue weighted by atomic mass is 16.5. The summed E-state index contributed by atoms with van der Waals surface area (Å²) in [6, 6.07) is 6.94. The van der Waals surface area contributed by atoms with E-state index < -0.39 is 0 Å². The molecule has 0 saturated heterocycles. The highest BCUT2D eigenvalue weighted by molar-refractivity contribution is 5.37. The molecule has 2 nitrogen and oxygen atoms in total. The van der Waals surface area contributed by atoms with Crippen LogP contribution in [-0.4, -0.2) is 14.2 Å². The predicted molar refractivity (Wildman–Crippen MR) is 78.2 cm³/mol. The van der Waals surface area contributed by atoms with E-state index in [1.54, 1.807) is 7.11 Å². The Morgan fingerprint density at radius 2 is 1.89 bits per heavy atom. The largest absolute Gasteiger partial charge is 0.496 e. The molecule has 1 unspecified atom stereocenters. The van der Waals surface area contributed by atoms with Gasteiger partial charge in [0.2, 0.25) is 0 Å². The number of methoxy groups -OCH3 is 1. The van der Waals surface area contributed by atoms with Crippen molar-refractivity contribution in [2.45, 2.75) is 46.1 Å². The van der Waals surface area contributed by atoms with Gasteiger partial charge in [0, 0.05) is 6.04 Å². The molecule has 0 aromatic heterocycles. The maximum Gasteiger partial charge on any atom is 0.122 e. The van der Waals surface area contributed by atoms with Crippen LogP contribution >= 0.6 is 0 Å². The second kappa shape index (κ2) is 7.42. The molecule has 1 atom stereocenters. The molecule has 0 spiro atoms. The van der Waals surface area contributed by atoms with Crippen LogP contribution in [0.2, 0.25) is 0 Å². The Morgan fingerprint density at radius 1 is 1.22 bits per heavy atom. The van der Waals surface area contributed by atoms with E-state index in [4.69, 9.17) is 4.74 Å². The molecule has 0 aliphatic heterocycles. The van der Waals surface area contributed by atoms with Gasteiger partial charge in [0.1, 0.15) is 5.75 Å². The summed E-state index contributed by atoms with van der Waals surface area (Å²) in [5, 5.41) is 3.43. The van der Waals surface area contributed by atoms with Crippen LogP contribution in [0.1, 0.15) is 50.3 Å². The van der Waals surface area contributed by atoms with Gasteiger partial charge in [0.15, 0.2) is 0 Å². The molecule has 0 fully saturated rings. The van der Waals surface area contributed by atoms with E-state index in [9.17, 15) is 0 Å². The number of ether oxygens (including phenoxy) is 1. The summed E-state index contributed by atoms with van der Waals surface area (Å²) in [4.78, 5) is 0. The van der Waals surface area contributed by atoms with Crippen molar-refractivity contribution < 1.29 is 4.74 Å². The maximum absolute atomic E-state index is 5.41. The summed E-state index contributed by atoms with van der Waals surface area (Å²) >= 11 is 0. The second-order valence-corrected chi connectivity index (χ2v) is 4.99. The van der Waals surface area contributed by atoms with Crippen LogP contribution < -0.4 is 10.1 Å². The SMILES string of the molecule is CCC(CC)CC(NC)c1ccc(C)c(OC)c1. The Hall–Kier alpha value is -1.02. The summed E-state index contributed by atoms with van der Waals surface area (Å²) in [5.41, 5.74) is 2.52. The average molecular weight is 249 g/mol. The molecular weight excluding hydrogens is 222 g/mol. The van der Waals surface area contributed by atoms with Crippen LogP contribution in [0.25, 0.3) is 0 Å². The van der Waals surface area contributed by atoms with Crippen molar-refractivity contribution >= 4 is 0 Å². The van der Waals surface area contributed by atoms with Crippen molar-refractivity contribution in [1.82, 2.24) is 5.32 Å². The monoisotopic (exact) mass is 249 g/mol. The van der Waals surface area contributed by atoms with Crippen molar-refractivity contribution in [1.29, 1.82) is 0 Å². The van der Waals surface area contributed by atoms with Gasteiger partial charge in [-0.1, -0.05) is 38.8 Å². The minimum Gasteiger partial charge on any atom is -0.496 e. The van der Waals surface area contributed by atoms with Gasteiger partial charge in [-0.3, -0.25) is 0 Å². The lowest BCUT2D eigenvalue weighted by atomic mass is 9.91. The molecule has 1 aromatic carbocycles. The van der Waals surface area contributed by atoms with Crippen LogP contribution in [-0.2, 0) is 0 Å². The molecule has 0 radical (unpaired) electrons. The number of aryl methyl sites for hydroxylation is 1. The Labute approximate surface area is 112 Å². The zero-order valence-corrected chi connectivity index (χ0v) is 12.4. The Morgan fingerprint density at radius 3 is 2.39 bits per heavy atom. The van der Waals surface area contributed by atoms with Crippen molar-refractivity contribution in [3.8, 4) is 5.75 Å². The van der Waals surface area contributed by atoms with Crippen molar-refractivity contribution in [2.24, 2.45) is 5.92 Å². The molecule has 102 valence electrons. The Bertz CT molecular complexity index is 358. The summed E-state index contributed by atoms with van der Waals surface area (Å²) < 4.78 is 5.41. The van der Waals surface area contributed by atoms with E-state index in [-0.39, 0.29) is 0 Å². The van der Waals surface area contributed by atoms with Gasteiger partial charge in [-0.2, -0.15) is 0 Å². The van der Waals surface area contributed by atoms with E-state index >= 15 is 0 Å². The van der Waals surface area contributed by atoms with Gasteiger partial charge in [-0.05, 0) is 43.5 Å². The van der Waals surface area contributed by atoms with Crippen LogP contribution in [0.3, 0.4) is 0 Å². The lowest BCUT2D eigenvalue weighted by molar-refractivity contribution is 0.381. The van der Waals surface area contributed by atoms with Crippen LogP contribution in [0.4, 0.5) is 0 Å². The van der Waals surface area contributed by atoms with Gasteiger partial charge in [0.25, 0.3) is 0 Å². The van der Waals surface area contributed by atoms with Gasteiger partial charge in [-0.15, -0.1) is 0 Å². The van der Waals surface area contributed by atoms with E-state index in [0.29, 0.717) is 6.04 Å². The van der Waals surface area contributed by atoms with E-state index in [1.807, 2.05) is 7.05 Å².